The molecule has 1 heterocycles. The topological polar surface area (TPSA) is 79.8 Å². The SMILES string of the molecule is CNCC(F)(F)F.Cc1cc(Cl)cc(C2(C(F)(F)F)CC(c3ccc(C(=O)NCC=O)c(C)c3)=NO2)c1. The van der Waals surface area contributed by atoms with Gasteiger partial charge in [0, 0.05) is 22.6 Å². The number of aryl methyl sites for hydroxylation is 2. The molecule has 3 rings (SSSR count). The zero-order valence-corrected chi connectivity index (χ0v) is 20.7. The number of carbonyl (C=O) groups is 2. The second kappa shape index (κ2) is 12.0. The molecule has 0 bridgehead atoms. The Morgan fingerprint density at radius 3 is 2.30 bits per heavy atom. The van der Waals surface area contributed by atoms with E-state index in [9.17, 15) is 35.9 Å². The summed E-state index contributed by atoms with van der Waals surface area (Å²) >= 11 is 5.98. The maximum Gasteiger partial charge on any atom is 0.435 e. The largest absolute Gasteiger partial charge is 0.435 e. The number of benzene rings is 2. The Balaban J connectivity index is 0.000000604. The van der Waals surface area contributed by atoms with Crippen molar-refractivity contribution in [3.63, 3.8) is 0 Å². The summed E-state index contributed by atoms with van der Waals surface area (Å²) in [4.78, 5) is 27.5. The molecule has 37 heavy (non-hydrogen) atoms. The number of hydrogen-bond donors (Lipinski definition) is 2. The first-order chi connectivity index (χ1) is 17.1. The van der Waals surface area contributed by atoms with Crippen molar-refractivity contribution in [1.29, 1.82) is 0 Å². The van der Waals surface area contributed by atoms with Crippen LogP contribution in [0.2, 0.25) is 5.02 Å². The number of oxime groups is 1. The van der Waals surface area contributed by atoms with Gasteiger partial charge in [0.05, 0.1) is 18.8 Å². The fourth-order valence-corrected chi connectivity index (χ4v) is 3.85. The maximum atomic E-state index is 14.1. The molecular weight excluding hydrogens is 528 g/mol. The van der Waals surface area contributed by atoms with Crippen molar-refractivity contribution in [1.82, 2.24) is 10.6 Å². The molecule has 1 amide bonds. The minimum Gasteiger partial charge on any atom is -0.374 e. The van der Waals surface area contributed by atoms with Crippen LogP contribution in [-0.2, 0) is 15.2 Å². The van der Waals surface area contributed by atoms with Gasteiger partial charge in [0.25, 0.3) is 11.5 Å². The zero-order valence-electron chi connectivity index (χ0n) is 20.0. The van der Waals surface area contributed by atoms with Crippen molar-refractivity contribution in [2.75, 3.05) is 20.1 Å². The van der Waals surface area contributed by atoms with Crippen molar-refractivity contribution >= 4 is 29.5 Å². The van der Waals surface area contributed by atoms with Gasteiger partial charge in [-0.15, -0.1) is 0 Å². The van der Waals surface area contributed by atoms with Crippen LogP contribution in [-0.4, -0.2) is 50.4 Å². The Kier molecular flexibility index (Phi) is 9.72. The number of alkyl halides is 6. The van der Waals surface area contributed by atoms with Crippen LogP contribution >= 0.6 is 11.6 Å². The lowest BCUT2D eigenvalue weighted by atomic mass is 9.85. The zero-order chi connectivity index (χ0) is 28.0. The third-order valence-corrected chi connectivity index (χ3v) is 5.44. The van der Waals surface area contributed by atoms with Gasteiger partial charge >= 0.3 is 12.4 Å². The Morgan fingerprint density at radius 2 is 1.81 bits per heavy atom. The third-order valence-electron chi connectivity index (χ3n) is 5.22. The van der Waals surface area contributed by atoms with Gasteiger partial charge in [-0.25, -0.2) is 0 Å². The molecule has 1 unspecified atom stereocenters. The van der Waals surface area contributed by atoms with Crippen LogP contribution in [0, 0.1) is 13.8 Å². The van der Waals surface area contributed by atoms with Crippen molar-refractivity contribution in [2.45, 2.75) is 38.2 Å². The smallest absolute Gasteiger partial charge is 0.374 e. The molecule has 0 aromatic heterocycles. The lowest BCUT2D eigenvalue weighted by Gasteiger charge is -2.29. The average molecular weight is 552 g/mol. The van der Waals surface area contributed by atoms with Crippen LogP contribution in [0.5, 0.6) is 0 Å². The molecule has 1 atom stereocenters. The number of carbonyl (C=O) groups excluding carboxylic acids is 2. The number of hydrogen-bond acceptors (Lipinski definition) is 5. The third kappa shape index (κ3) is 7.68. The van der Waals surface area contributed by atoms with Crippen LogP contribution < -0.4 is 10.6 Å². The molecule has 6 nitrogen and oxygen atoms in total. The molecule has 0 saturated heterocycles. The van der Waals surface area contributed by atoms with Gasteiger partial charge in [-0.05, 0) is 61.9 Å². The molecule has 0 radical (unpaired) electrons. The standard InChI is InChI=1S/C21H18ClF3N2O3.C3H6F3N/c1-12-7-15(10-16(22)8-12)20(21(23,24)25)11-18(27-30-20)14-3-4-17(13(2)9-14)19(29)26-5-6-28;1-7-2-3(4,5)6/h3-4,6-10H,5,11H2,1-2H3,(H,26,29);7H,2H2,1H3. The van der Waals surface area contributed by atoms with Crippen LogP contribution in [0.4, 0.5) is 26.3 Å². The van der Waals surface area contributed by atoms with Crippen molar-refractivity contribution < 1.29 is 40.8 Å². The summed E-state index contributed by atoms with van der Waals surface area (Å²) in [6, 6.07) is 8.71. The van der Waals surface area contributed by atoms with E-state index in [1.807, 2.05) is 5.32 Å². The molecule has 2 N–H and O–H groups in total. The minimum atomic E-state index is -4.74. The molecule has 1 aliphatic rings. The van der Waals surface area contributed by atoms with Crippen molar-refractivity contribution in [3.05, 3.63) is 69.2 Å². The van der Waals surface area contributed by atoms with Crippen LogP contribution in [0.25, 0.3) is 0 Å². The monoisotopic (exact) mass is 551 g/mol. The van der Waals surface area contributed by atoms with E-state index in [0.717, 1.165) is 0 Å². The molecule has 0 spiro atoms. The number of rotatable bonds is 6. The Hall–Kier alpha value is -3.12. The van der Waals surface area contributed by atoms with E-state index in [1.165, 1.54) is 31.3 Å². The van der Waals surface area contributed by atoms with Crippen LogP contribution in [0.3, 0.4) is 0 Å². The molecule has 0 saturated carbocycles. The van der Waals surface area contributed by atoms with Crippen LogP contribution in [0.1, 0.15) is 39.0 Å². The Bertz CT molecular complexity index is 1150. The number of aldehydes is 1. The molecule has 0 fully saturated rings. The van der Waals surface area contributed by atoms with Crippen LogP contribution in [0.15, 0.2) is 41.6 Å². The first-order valence-electron chi connectivity index (χ1n) is 10.8. The highest BCUT2D eigenvalue weighted by atomic mass is 35.5. The normalized spacial score (nSPS) is 17.3. The summed E-state index contributed by atoms with van der Waals surface area (Å²) in [6.07, 6.45) is -8.78. The molecule has 202 valence electrons. The summed E-state index contributed by atoms with van der Waals surface area (Å²) in [6.45, 7) is 2.25. The predicted molar refractivity (Wildman–Crippen MR) is 126 cm³/mol. The summed E-state index contributed by atoms with van der Waals surface area (Å²) in [5, 5.41) is 8.31. The van der Waals surface area contributed by atoms with E-state index in [-0.39, 0.29) is 22.8 Å². The van der Waals surface area contributed by atoms with E-state index in [2.05, 4.69) is 10.5 Å². The first kappa shape index (κ1) is 30.1. The van der Waals surface area contributed by atoms with Crippen molar-refractivity contribution in [2.24, 2.45) is 5.16 Å². The quantitative estimate of drug-likeness (QED) is 0.380. The van der Waals surface area contributed by atoms with E-state index in [0.29, 0.717) is 28.5 Å². The van der Waals surface area contributed by atoms with E-state index >= 15 is 0 Å². The summed E-state index contributed by atoms with van der Waals surface area (Å²) in [7, 11) is 1.26. The van der Waals surface area contributed by atoms with E-state index in [4.69, 9.17) is 16.4 Å². The van der Waals surface area contributed by atoms with Gasteiger partial charge in [0.15, 0.2) is 0 Å². The molecule has 13 heteroatoms. The number of halogens is 7. The molecule has 1 aliphatic heterocycles. The molecule has 0 aliphatic carbocycles. The number of nitrogens with zero attached hydrogens (tertiary/aromatic N) is 1. The summed E-state index contributed by atoms with van der Waals surface area (Å²) < 4.78 is 75.3. The van der Waals surface area contributed by atoms with E-state index in [1.54, 1.807) is 26.0 Å². The van der Waals surface area contributed by atoms with E-state index < -0.39 is 36.8 Å². The Labute approximate surface area is 214 Å². The van der Waals surface area contributed by atoms with Crippen molar-refractivity contribution in [3.8, 4) is 0 Å². The fourth-order valence-electron chi connectivity index (χ4n) is 3.56. The lowest BCUT2D eigenvalue weighted by molar-refractivity contribution is -0.275. The highest BCUT2D eigenvalue weighted by molar-refractivity contribution is 6.30. The summed E-state index contributed by atoms with van der Waals surface area (Å²) in [5.74, 6) is -0.449. The van der Waals surface area contributed by atoms with Gasteiger partial charge in [-0.2, -0.15) is 26.3 Å². The summed E-state index contributed by atoms with van der Waals surface area (Å²) in [5.41, 5.74) is -0.849. The first-order valence-corrected chi connectivity index (χ1v) is 11.1. The fraction of sp³-hybridized carbons (Fsp3) is 0.375. The highest BCUT2D eigenvalue weighted by Crippen LogP contribution is 2.49. The highest BCUT2D eigenvalue weighted by Gasteiger charge is 2.62. The lowest BCUT2D eigenvalue weighted by Crippen LogP contribution is -2.42. The molecule has 2 aromatic carbocycles. The molecular formula is C24H24ClF6N3O3. The van der Waals surface area contributed by atoms with Gasteiger partial charge in [0.2, 0.25) is 0 Å². The number of nitrogens with one attached hydrogen (secondary N) is 2. The Morgan fingerprint density at radius 1 is 1.14 bits per heavy atom. The van der Waals surface area contributed by atoms with Gasteiger partial charge in [-0.3, -0.25) is 4.79 Å². The maximum absolute atomic E-state index is 14.1. The second-order valence-electron chi connectivity index (χ2n) is 8.20. The second-order valence-corrected chi connectivity index (χ2v) is 8.64. The average Bonchev–Trinajstić information content (AvgIpc) is 3.23. The van der Waals surface area contributed by atoms with Gasteiger partial charge in [0.1, 0.15) is 6.29 Å². The van der Waals surface area contributed by atoms with Gasteiger partial charge < -0.3 is 20.3 Å². The van der Waals surface area contributed by atoms with Gasteiger partial charge in [-0.1, -0.05) is 28.9 Å². The minimum absolute atomic E-state index is 0.105. The predicted octanol–water partition coefficient (Wildman–Crippen LogP) is 5.24. The molecule has 2 aromatic rings. The number of amides is 1.